The van der Waals surface area contributed by atoms with E-state index in [4.69, 9.17) is 0 Å². The molecule has 5 rings (SSSR count). The molecule has 0 aromatic carbocycles. The smallest absolute Gasteiger partial charge is 0.258 e. The third-order valence-corrected chi connectivity index (χ3v) is 8.12. The number of nitrogens with one attached hydrogen (secondary N) is 1. The molecule has 0 spiro atoms. The molecule has 0 bridgehead atoms. The van der Waals surface area contributed by atoms with E-state index in [9.17, 15) is 19.5 Å². The van der Waals surface area contributed by atoms with Crippen LogP contribution in [-0.2, 0) is 29.6 Å². The van der Waals surface area contributed by atoms with Crippen LogP contribution in [0, 0.1) is 17.8 Å². The quantitative estimate of drug-likeness (QED) is 0.610. The van der Waals surface area contributed by atoms with Gasteiger partial charge in [-0.3, -0.25) is 14.4 Å². The number of aryl methyl sites for hydroxylation is 1. The molecule has 0 radical (unpaired) electrons. The van der Waals surface area contributed by atoms with Gasteiger partial charge in [0.2, 0.25) is 11.8 Å². The number of aromatic nitrogens is 3. The summed E-state index contributed by atoms with van der Waals surface area (Å²) in [5.74, 6) is -1.03. The molecule has 1 saturated heterocycles. The van der Waals surface area contributed by atoms with E-state index < -0.39 is 18.0 Å². The highest BCUT2D eigenvalue weighted by Gasteiger charge is 2.58. The van der Waals surface area contributed by atoms with Crippen LogP contribution >= 0.6 is 0 Å². The summed E-state index contributed by atoms with van der Waals surface area (Å²) >= 11 is 0. The van der Waals surface area contributed by atoms with E-state index in [1.54, 1.807) is 27.9 Å². The third-order valence-electron chi connectivity index (χ3n) is 8.12. The fraction of sp³-hybridized carbons (Fsp3) is 0.556. The van der Waals surface area contributed by atoms with E-state index in [1.165, 1.54) is 0 Å². The van der Waals surface area contributed by atoms with Gasteiger partial charge in [0, 0.05) is 68.4 Å². The molecule has 9 nitrogen and oxygen atoms in total. The Kier molecular flexibility index (Phi) is 6.83. The summed E-state index contributed by atoms with van der Waals surface area (Å²) in [7, 11) is 1.90. The van der Waals surface area contributed by atoms with Crippen LogP contribution in [0.4, 0.5) is 0 Å². The Morgan fingerprint density at radius 2 is 2.03 bits per heavy atom. The number of allylic oxidation sites excluding steroid dienone is 1. The number of likely N-dealkylation sites (tertiary alicyclic amines) is 1. The first-order valence-corrected chi connectivity index (χ1v) is 13.0. The summed E-state index contributed by atoms with van der Waals surface area (Å²) < 4.78 is 3.59. The number of fused-ring (bicyclic) bond motifs is 3. The number of imidazole rings is 1. The minimum Gasteiger partial charge on any atom is -0.396 e. The summed E-state index contributed by atoms with van der Waals surface area (Å²) in [5, 5.41) is 13.5. The van der Waals surface area contributed by atoms with Crippen LogP contribution in [0.1, 0.15) is 55.6 Å². The van der Waals surface area contributed by atoms with Crippen LogP contribution in [0.3, 0.4) is 0 Å². The first-order chi connectivity index (χ1) is 17.4. The molecule has 1 aliphatic carbocycles. The Bertz CT molecular complexity index is 1220. The van der Waals surface area contributed by atoms with Gasteiger partial charge >= 0.3 is 0 Å². The average molecular weight is 494 g/mol. The largest absolute Gasteiger partial charge is 0.396 e. The first kappa shape index (κ1) is 24.5. The molecule has 36 heavy (non-hydrogen) atoms. The van der Waals surface area contributed by atoms with Gasteiger partial charge in [0.15, 0.2) is 0 Å². The van der Waals surface area contributed by atoms with E-state index in [0.29, 0.717) is 25.1 Å². The molecule has 1 saturated carbocycles. The zero-order chi connectivity index (χ0) is 25.4. The van der Waals surface area contributed by atoms with Crippen molar-refractivity contribution >= 4 is 17.9 Å². The van der Waals surface area contributed by atoms with Crippen LogP contribution in [0.2, 0.25) is 0 Å². The summed E-state index contributed by atoms with van der Waals surface area (Å²) in [6, 6.07) is 2.55. The van der Waals surface area contributed by atoms with Crippen LogP contribution in [0.15, 0.2) is 35.5 Å². The second-order valence-electron chi connectivity index (χ2n) is 10.3. The predicted octanol–water partition coefficient (Wildman–Crippen LogP) is 1.65. The zero-order valence-corrected chi connectivity index (χ0v) is 21.0. The van der Waals surface area contributed by atoms with Gasteiger partial charge in [0.25, 0.3) is 5.56 Å². The van der Waals surface area contributed by atoms with Gasteiger partial charge in [-0.2, -0.15) is 0 Å². The van der Waals surface area contributed by atoms with E-state index in [-0.39, 0.29) is 35.8 Å². The standard InChI is InChI=1S/C27H35N5O4/c1-3-6-17-9-10-22-23-20(14-31(22)26(17)35)21(15-33)24(32(23)27(36)18-7-4-5-8-18)25(34)28-12-11-19-13-30(2)16-29-19/h3,6,9-10,13,16,18,20-21,23-24,33H,4-5,7-8,11-12,14-15H2,1-2H3,(H,28,34)/b6-3+/t20-,21-,23+,24-/m1/s1. The third kappa shape index (κ3) is 4.19. The monoisotopic (exact) mass is 493 g/mol. The van der Waals surface area contributed by atoms with Gasteiger partial charge in [0.1, 0.15) is 6.04 Å². The second kappa shape index (κ2) is 10.0. The highest BCUT2D eigenvalue weighted by atomic mass is 16.3. The number of amides is 2. The average Bonchev–Trinajstić information content (AvgIpc) is 3.64. The molecule has 2 fully saturated rings. The normalized spacial score (nSPS) is 25.5. The minimum atomic E-state index is -0.763. The Hall–Kier alpha value is -3.20. The lowest BCUT2D eigenvalue weighted by Crippen LogP contribution is -2.52. The molecule has 2 aromatic heterocycles. The summed E-state index contributed by atoms with van der Waals surface area (Å²) in [5.41, 5.74) is 2.14. The van der Waals surface area contributed by atoms with Crippen LogP contribution < -0.4 is 10.9 Å². The van der Waals surface area contributed by atoms with Gasteiger partial charge in [-0.05, 0) is 31.9 Å². The van der Waals surface area contributed by atoms with Crippen LogP contribution in [0.25, 0.3) is 6.08 Å². The Morgan fingerprint density at radius 3 is 2.69 bits per heavy atom. The molecule has 4 heterocycles. The lowest BCUT2D eigenvalue weighted by Gasteiger charge is -2.33. The van der Waals surface area contributed by atoms with Crippen molar-refractivity contribution < 1.29 is 14.7 Å². The topological polar surface area (TPSA) is 109 Å². The molecule has 2 aliphatic heterocycles. The lowest BCUT2D eigenvalue weighted by molar-refractivity contribution is -0.144. The molecule has 9 heteroatoms. The molecule has 192 valence electrons. The van der Waals surface area contributed by atoms with E-state index >= 15 is 0 Å². The van der Waals surface area contributed by atoms with Crippen molar-refractivity contribution in [3.63, 3.8) is 0 Å². The van der Waals surface area contributed by atoms with Gasteiger partial charge in [-0.1, -0.05) is 25.0 Å². The molecule has 2 amide bonds. The van der Waals surface area contributed by atoms with Crippen LogP contribution in [0.5, 0.6) is 0 Å². The second-order valence-corrected chi connectivity index (χ2v) is 10.3. The minimum absolute atomic E-state index is 0.0262. The highest BCUT2D eigenvalue weighted by Crippen LogP contribution is 2.50. The molecule has 2 aromatic rings. The first-order valence-electron chi connectivity index (χ1n) is 13.0. The number of hydrogen-bond acceptors (Lipinski definition) is 5. The fourth-order valence-corrected chi connectivity index (χ4v) is 6.45. The number of carbonyl (C=O) groups excluding carboxylic acids is 2. The number of rotatable bonds is 7. The molecule has 4 atom stereocenters. The molecule has 2 N–H and O–H groups in total. The van der Waals surface area contributed by atoms with Crippen LogP contribution in [-0.4, -0.2) is 55.1 Å². The van der Waals surface area contributed by atoms with Crippen molar-refractivity contribution in [1.82, 2.24) is 24.3 Å². The van der Waals surface area contributed by atoms with Crippen molar-refractivity contribution in [2.24, 2.45) is 24.8 Å². The molecule has 3 aliphatic rings. The van der Waals surface area contributed by atoms with E-state index in [0.717, 1.165) is 37.1 Å². The molecule has 0 unspecified atom stereocenters. The van der Waals surface area contributed by atoms with Gasteiger partial charge in [-0.25, -0.2) is 4.98 Å². The zero-order valence-electron chi connectivity index (χ0n) is 21.0. The van der Waals surface area contributed by atoms with Gasteiger partial charge < -0.3 is 24.5 Å². The van der Waals surface area contributed by atoms with Crippen molar-refractivity contribution in [3.05, 3.63) is 58.0 Å². The SMILES string of the molecule is C/C=C/c1ccc2n(c1=O)C[C@@H]1[C@@H](CO)[C@H](C(=O)NCCc3cn(C)cn3)N(C(=O)C3CCCC3)[C@H]21. The number of aliphatic hydroxyl groups is 1. The van der Waals surface area contributed by atoms with Gasteiger partial charge in [-0.15, -0.1) is 0 Å². The Morgan fingerprint density at radius 1 is 1.25 bits per heavy atom. The summed E-state index contributed by atoms with van der Waals surface area (Å²) in [6.45, 7) is 2.43. The maximum Gasteiger partial charge on any atom is 0.258 e. The fourth-order valence-electron chi connectivity index (χ4n) is 6.45. The number of carbonyl (C=O) groups is 2. The molecular weight excluding hydrogens is 458 g/mol. The maximum absolute atomic E-state index is 13.9. The van der Waals surface area contributed by atoms with Crippen molar-refractivity contribution in [3.8, 4) is 0 Å². The maximum atomic E-state index is 13.9. The number of pyridine rings is 1. The predicted molar refractivity (Wildman–Crippen MR) is 135 cm³/mol. The Labute approximate surface area is 210 Å². The molecular formula is C27H35N5O4. The number of hydrogen-bond donors (Lipinski definition) is 2. The summed E-state index contributed by atoms with van der Waals surface area (Å²) in [6.07, 6.45) is 11.5. The Balaban J connectivity index is 1.46. The number of aliphatic hydroxyl groups excluding tert-OH is 1. The van der Waals surface area contributed by atoms with Gasteiger partial charge in [0.05, 0.1) is 18.1 Å². The van der Waals surface area contributed by atoms with Crippen molar-refractivity contribution in [2.75, 3.05) is 13.2 Å². The van der Waals surface area contributed by atoms with Crippen molar-refractivity contribution in [2.45, 2.75) is 57.7 Å². The highest BCUT2D eigenvalue weighted by molar-refractivity contribution is 5.90. The summed E-state index contributed by atoms with van der Waals surface area (Å²) in [4.78, 5) is 46.6. The lowest BCUT2D eigenvalue weighted by atomic mass is 9.88. The number of nitrogens with zero attached hydrogens (tertiary/aromatic N) is 4. The van der Waals surface area contributed by atoms with Crippen molar-refractivity contribution in [1.29, 1.82) is 0 Å². The van der Waals surface area contributed by atoms with E-state index in [2.05, 4.69) is 10.3 Å². The van der Waals surface area contributed by atoms with E-state index in [1.807, 2.05) is 36.9 Å².